The molecule has 1 heterocycles. The summed E-state index contributed by atoms with van der Waals surface area (Å²) in [5.74, 6) is 1.16. The number of aromatic nitrogens is 2. The van der Waals surface area contributed by atoms with E-state index >= 15 is 0 Å². The molecule has 96 valence electrons. The lowest BCUT2D eigenvalue weighted by atomic mass is 10.5. The van der Waals surface area contributed by atoms with Crippen molar-refractivity contribution >= 4 is 37.5 Å². The number of hydrogen-bond donors (Lipinski definition) is 2. The van der Waals surface area contributed by atoms with Gasteiger partial charge in [-0.1, -0.05) is 0 Å². The molecule has 0 saturated heterocycles. The van der Waals surface area contributed by atoms with E-state index in [9.17, 15) is 8.42 Å². The van der Waals surface area contributed by atoms with Crippen molar-refractivity contribution in [1.29, 1.82) is 0 Å². The first-order valence-electron chi connectivity index (χ1n) is 5.10. The Balaban J connectivity index is 2.66. The number of nitrogens with one attached hydrogen (secondary N) is 2. The lowest BCUT2D eigenvalue weighted by Gasteiger charge is -2.08. The van der Waals surface area contributed by atoms with Crippen LogP contribution in [0, 0.1) is 0 Å². The summed E-state index contributed by atoms with van der Waals surface area (Å²) in [6, 6.07) is 0. The molecule has 0 bridgehead atoms. The molecule has 0 aliphatic rings. The van der Waals surface area contributed by atoms with Crippen molar-refractivity contribution < 1.29 is 8.42 Å². The molecular weight excluding hydrogens is 308 g/mol. The Kier molecular flexibility index (Phi) is 5.13. The Bertz CT molecular complexity index is 478. The summed E-state index contributed by atoms with van der Waals surface area (Å²) in [5.41, 5.74) is 0. The number of halogens is 1. The third kappa shape index (κ3) is 5.31. The molecule has 0 spiro atoms. The standard InChI is InChI=1S/C9H15BrN4O2S/c1-3-11-9-13-6-7(10)8(14-9)12-4-5-17(2,15)16/h6H,3-5H2,1-2H3,(H2,11,12,13,14). The van der Waals surface area contributed by atoms with Gasteiger partial charge in [-0.15, -0.1) is 0 Å². The zero-order valence-corrected chi connectivity index (χ0v) is 12.1. The summed E-state index contributed by atoms with van der Waals surface area (Å²) >= 11 is 3.30. The number of rotatable bonds is 6. The van der Waals surface area contributed by atoms with Gasteiger partial charge >= 0.3 is 0 Å². The van der Waals surface area contributed by atoms with Crippen LogP contribution in [0.15, 0.2) is 10.7 Å². The van der Waals surface area contributed by atoms with Crippen LogP contribution in [0.3, 0.4) is 0 Å². The van der Waals surface area contributed by atoms with Crippen molar-refractivity contribution in [2.45, 2.75) is 6.92 Å². The van der Waals surface area contributed by atoms with Crippen LogP contribution in [-0.4, -0.2) is 43.5 Å². The van der Waals surface area contributed by atoms with Gasteiger partial charge in [0, 0.05) is 25.5 Å². The van der Waals surface area contributed by atoms with E-state index in [0.717, 1.165) is 6.54 Å². The van der Waals surface area contributed by atoms with Crippen LogP contribution < -0.4 is 10.6 Å². The lowest BCUT2D eigenvalue weighted by Crippen LogP contribution is -2.15. The average molecular weight is 323 g/mol. The number of nitrogens with zero attached hydrogens (tertiary/aromatic N) is 2. The van der Waals surface area contributed by atoms with Crippen LogP contribution in [-0.2, 0) is 9.84 Å². The maximum absolute atomic E-state index is 11.0. The second-order valence-corrected chi connectivity index (χ2v) is 6.59. The topological polar surface area (TPSA) is 84.0 Å². The molecule has 1 rings (SSSR count). The third-order valence-electron chi connectivity index (χ3n) is 1.84. The van der Waals surface area contributed by atoms with Crippen LogP contribution in [0.4, 0.5) is 11.8 Å². The zero-order valence-electron chi connectivity index (χ0n) is 9.70. The van der Waals surface area contributed by atoms with Crippen molar-refractivity contribution in [3.05, 3.63) is 10.7 Å². The number of hydrogen-bond acceptors (Lipinski definition) is 6. The molecule has 1 aromatic rings. The van der Waals surface area contributed by atoms with Gasteiger partial charge in [0.05, 0.1) is 10.2 Å². The molecule has 2 N–H and O–H groups in total. The minimum atomic E-state index is -2.96. The summed E-state index contributed by atoms with van der Waals surface area (Å²) in [4.78, 5) is 8.26. The molecule has 0 saturated carbocycles. The van der Waals surface area contributed by atoms with Crippen molar-refractivity contribution in [2.75, 3.05) is 35.7 Å². The summed E-state index contributed by atoms with van der Waals surface area (Å²) in [6.07, 6.45) is 2.82. The highest BCUT2D eigenvalue weighted by Crippen LogP contribution is 2.19. The Hall–Kier alpha value is -0.890. The summed E-state index contributed by atoms with van der Waals surface area (Å²) < 4.78 is 22.7. The van der Waals surface area contributed by atoms with Crippen LogP contribution in [0.2, 0.25) is 0 Å². The normalized spacial score (nSPS) is 11.2. The second-order valence-electron chi connectivity index (χ2n) is 3.48. The summed E-state index contributed by atoms with van der Waals surface area (Å²) in [5, 5.41) is 5.93. The van der Waals surface area contributed by atoms with E-state index in [4.69, 9.17) is 0 Å². The fraction of sp³-hybridized carbons (Fsp3) is 0.556. The molecule has 8 heteroatoms. The second kappa shape index (κ2) is 6.15. The fourth-order valence-electron chi connectivity index (χ4n) is 1.09. The SMILES string of the molecule is CCNc1ncc(Br)c(NCCS(C)(=O)=O)n1. The van der Waals surface area contributed by atoms with Gasteiger partial charge in [-0.2, -0.15) is 4.98 Å². The van der Waals surface area contributed by atoms with Crippen LogP contribution in [0.25, 0.3) is 0 Å². The van der Waals surface area contributed by atoms with Crippen molar-refractivity contribution in [1.82, 2.24) is 9.97 Å². The van der Waals surface area contributed by atoms with E-state index in [1.807, 2.05) is 6.92 Å². The minimum absolute atomic E-state index is 0.0694. The van der Waals surface area contributed by atoms with Gasteiger partial charge in [0.2, 0.25) is 5.95 Å². The first-order chi connectivity index (χ1) is 7.92. The van der Waals surface area contributed by atoms with Gasteiger partial charge in [0.1, 0.15) is 15.7 Å². The first-order valence-corrected chi connectivity index (χ1v) is 7.95. The van der Waals surface area contributed by atoms with E-state index in [-0.39, 0.29) is 5.75 Å². The van der Waals surface area contributed by atoms with Gasteiger partial charge in [0.25, 0.3) is 0 Å². The predicted octanol–water partition coefficient (Wildman–Crippen LogP) is 1.13. The summed E-state index contributed by atoms with van der Waals surface area (Å²) in [6.45, 7) is 2.99. The fourth-order valence-corrected chi connectivity index (χ4v) is 1.89. The van der Waals surface area contributed by atoms with Gasteiger partial charge in [-0.3, -0.25) is 0 Å². The maximum Gasteiger partial charge on any atom is 0.224 e. The van der Waals surface area contributed by atoms with Crippen LogP contribution in [0.1, 0.15) is 6.92 Å². The van der Waals surface area contributed by atoms with Gasteiger partial charge in [-0.25, -0.2) is 13.4 Å². The molecule has 17 heavy (non-hydrogen) atoms. The Labute approximate surface area is 109 Å². The molecule has 0 unspecified atom stereocenters. The highest BCUT2D eigenvalue weighted by molar-refractivity contribution is 9.10. The van der Waals surface area contributed by atoms with E-state index in [1.54, 1.807) is 6.20 Å². The van der Waals surface area contributed by atoms with E-state index < -0.39 is 9.84 Å². The Morgan fingerprint density at radius 3 is 2.71 bits per heavy atom. The van der Waals surface area contributed by atoms with Gasteiger partial charge in [0.15, 0.2) is 0 Å². The van der Waals surface area contributed by atoms with Crippen LogP contribution in [0.5, 0.6) is 0 Å². The van der Waals surface area contributed by atoms with Crippen molar-refractivity contribution in [3.63, 3.8) is 0 Å². The maximum atomic E-state index is 11.0. The predicted molar refractivity (Wildman–Crippen MR) is 72.1 cm³/mol. The number of sulfone groups is 1. The molecule has 0 aromatic carbocycles. The highest BCUT2D eigenvalue weighted by atomic mass is 79.9. The van der Waals surface area contributed by atoms with E-state index in [2.05, 4.69) is 36.5 Å². The van der Waals surface area contributed by atoms with Gasteiger partial charge < -0.3 is 10.6 Å². The van der Waals surface area contributed by atoms with E-state index in [1.165, 1.54) is 6.26 Å². The molecule has 0 aliphatic carbocycles. The molecule has 0 radical (unpaired) electrons. The zero-order chi connectivity index (χ0) is 12.9. The van der Waals surface area contributed by atoms with Crippen molar-refractivity contribution in [2.24, 2.45) is 0 Å². The largest absolute Gasteiger partial charge is 0.368 e. The van der Waals surface area contributed by atoms with Crippen molar-refractivity contribution in [3.8, 4) is 0 Å². The minimum Gasteiger partial charge on any atom is -0.368 e. The third-order valence-corrected chi connectivity index (χ3v) is 3.37. The number of anilines is 2. The lowest BCUT2D eigenvalue weighted by molar-refractivity contribution is 0.602. The van der Waals surface area contributed by atoms with Crippen LogP contribution >= 0.6 is 15.9 Å². The Morgan fingerprint density at radius 1 is 1.41 bits per heavy atom. The molecule has 0 aliphatic heterocycles. The van der Waals surface area contributed by atoms with Gasteiger partial charge in [-0.05, 0) is 22.9 Å². The molecular formula is C9H15BrN4O2S. The first kappa shape index (κ1) is 14.2. The Morgan fingerprint density at radius 2 is 2.12 bits per heavy atom. The highest BCUT2D eigenvalue weighted by Gasteiger charge is 2.06. The molecule has 0 atom stereocenters. The smallest absolute Gasteiger partial charge is 0.224 e. The van der Waals surface area contributed by atoms with E-state index in [0.29, 0.717) is 22.8 Å². The average Bonchev–Trinajstić information content (AvgIpc) is 2.21. The monoisotopic (exact) mass is 322 g/mol. The molecule has 6 nitrogen and oxygen atoms in total. The summed E-state index contributed by atoms with van der Waals surface area (Å²) in [7, 11) is -2.96. The molecule has 1 aromatic heterocycles. The molecule has 0 amide bonds. The quantitative estimate of drug-likeness (QED) is 0.816. The molecule has 0 fully saturated rings.